The lowest BCUT2D eigenvalue weighted by molar-refractivity contribution is -0.297. The molecule has 1 amide bonds. The van der Waals surface area contributed by atoms with E-state index in [1.165, 1.54) is 12.8 Å². The van der Waals surface area contributed by atoms with Crippen LogP contribution in [-0.2, 0) is 19.0 Å². The van der Waals surface area contributed by atoms with E-state index in [1.54, 1.807) is 14.0 Å². The van der Waals surface area contributed by atoms with Crippen LogP contribution >= 0.6 is 0 Å². The summed E-state index contributed by atoms with van der Waals surface area (Å²) in [6.07, 6.45) is -0.0592. The molecule has 12 atom stereocenters. The minimum absolute atomic E-state index is 0.104. The highest BCUT2D eigenvalue weighted by molar-refractivity contribution is 5.86. The van der Waals surface area contributed by atoms with Crippen LogP contribution in [-0.4, -0.2) is 132 Å². The second-order valence-corrected chi connectivity index (χ2v) is 13.1. The van der Waals surface area contributed by atoms with Crippen LogP contribution in [0.1, 0.15) is 39.0 Å². The second-order valence-electron chi connectivity index (χ2n) is 13.1. The predicted molar refractivity (Wildman–Crippen MR) is 152 cm³/mol. The van der Waals surface area contributed by atoms with Gasteiger partial charge in [-0.3, -0.25) is 4.79 Å². The van der Waals surface area contributed by atoms with Gasteiger partial charge in [0.2, 0.25) is 0 Å². The fourth-order valence-electron chi connectivity index (χ4n) is 6.86. The lowest BCUT2D eigenvalue weighted by atomic mass is 9.72. The van der Waals surface area contributed by atoms with Gasteiger partial charge in [0.25, 0.3) is 5.91 Å². The molecule has 0 aromatic rings. The first kappa shape index (κ1) is 32.0. The van der Waals surface area contributed by atoms with Gasteiger partial charge in [0.15, 0.2) is 11.9 Å². The van der Waals surface area contributed by atoms with Gasteiger partial charge in [-0.05, 0) is 71.2 Å². The summed E-state index contributed by atoms with van der Waals surface area (Å²) in [6, 6.07) is -2.65. The number of aliphatic hydroxyl groups excluding tert-OH is 2. The highest BCUT2D eigenvalue weighted by Gasteiger charge is 2.54. The summed E-state index contributed by atoms with van der Waals surface area (Å²) in [4.78, 5) is 13.2. The minimum Gasteiger partial charge on any atom is -0.492 e. The average molecular weight is 599 g/mol. The van der Waals surface area contributed by atoms with E-state index in [0.717, 1.165) is 12.3 Å². The molecule has 3 heterocycles. The Morgan fingerprint density at radius 1 is 1.21 bits per heavy atom. The molecular weight excluding hydrogens is 548 g/mol. The number of hydrogen-bond donors (Lipinski definition) is 10. The van der Waals surface area contributed by atoms with Crippen molar-refractivity contribution in [2.24, 2.45) is 23.3 Å². The van der Waals surface area contributed by atoms with Gasteiger partial charge in [-0.25, -0.2) is 0 Å². The number of rotatable bonds is 10. The Balaban J connectivity index is 1.35. The number of aliphatic hydroxyl groups is 4. The van der Waals surface area contributed by atoms with Gasteiger partial charge in [0, 0.05) is 24.5 Å². The fraction of sp³-hybridized carbons (Fsp3) is 0.893. The van der Waals surface area contributed by atoms with E-state index in [1.807, 2.05) is 6.08 Å². The molecule has 2 unspecified atom stereocenters. The number of nitrogens with two attached hydrogens (primary N) is 2. The largest absolute Gasteiger partial charge is 0.492 e. The number of hydrogen-bond acceptors (Lipinski definition) is 13. The normalized spacial score (nSPS) is 46.1. The molecule has 14 heteroatoms. The van der Waals surface area contributed by atoms with Crippen LogP contribution in [0.3, 0.4) is 0 Å². The van der Waals surface area contributed by atoms with Crippen molar-refractivity contribution in [3.63, 3.8) is 0 Å². The molecule has 5 aliphatic rings. The molecular formula is C28H50N6O8. The maximum Gasteiger partial charge on any atom is 0.253 e. The molecule has 2 saturated heterocycles. The summed E-state index contributed by atoms with van der Waals surface area (Å²) < 4.78 is 18.3. The molecule has 0 radical (unpaired) electrons. The summed E-state index contributed by atoms with van der Waals surface area (Å²) in [5.41, 5.74) is 10.2. The van der Waals surface area contributed by atoms with E-state index in [-0.39, 0.29) is 26.0 Å². The molecule has 0 spiro atoms. The van der Waals surface area contributed by atoms with Crippen LogP contribution in [0.15, 0.2) is 11.8 Å². The van der Waals surface area contributed by atoms with Gasteiger partial charge in [-0.2, -0.15) is 0 Å². The van der Waals surface area contributed by atoms with Crippen molar-refractivity contribution in [1.82, 2.24) is 21.3 Å². The molecule has 2 saturated carbocycles. The van der Waals surface area contributed by atoms with Crippen molar-refractivity contribution in [1.29, 1.82) is 0 Å². The summed E-state index contributed by atoms with van der Waals surface area (Å²) in [7, 11) is 1.61. The third-order valence-electron chi connectivity index (χ3n) is 9.59. The van der Waals surface area contributed by atoms with Crippen LogP contribution in [0.2, 0.25) is 0 Å². The summed E-state index contributed by atoms with van der Waals surface area (Å²) in [5.74, 6) is 0.205. The van der Waals surface area contributed by atoms with E-state index in [9.17, 15) is 25.2 Å². The average Bonchev–Trinajstić information content (AvgIpc) is 3.65. The van der Waals surface area contributed by atoms with Crippen LogP contribution in [0.4, 0.5) is 0 Å². The predicted octanol–water partition coefficient (Wildman–Crippen LogP) is -3.66. The van der Waals surface area contributed by atoms with Crippen LogP contribution in [0.25, 0.3) is 0 Å². The van der Waals surface area contributed by atoms with Crippen molar-refractivity contribution < 1.29 is 39.4 Å². The smallest absolute Gasteiger partial charge is 0.253 e. The van der Waals surface area contributed by atoms with E-state index in [0.29, 0.717) is 25.4 Å². The Kier molecular flexibility index (Phi) is 9.82. The Labute approximate surface area is 246 Å². The van der Waals surface area contributed by atoms with Crippen LogP contribution in [0.5, 0.6) is 0 Å². The third kappa shape index (κ3) is 6.79. The highest BCUT2D eigenvalue weighted by Crippen LogP contribution is 2.37. The minimum atomic E-state index is -1.60. The number of amides is 1. The Morgan fingerprint density at radius 2 is 1.98 bits per heavy atom. The van der Waals surface area contributed by atoms with Crippen LogP contribution < -0.4 is 32.7 Å². The quantitative estimate of drug-likeness (QED) is 0.117. The molecule has 0 aromatic carbocycles. The first-order valence-corrected chi connectivity index (χ1v) is 15.3. The Bertz CT molecular complexity index is 976. The van der Waals surface area contributed by atoms with Crippen molar-refractivity contribution in [2.45, 2.75) is 105 Å². The highest BCUT2D eigenvalue weighted by atomic mass is 16.7. The maximum absolute atomic E-state index is 13.2. The van der Waals surface area contributed by atoms with Gasteiger partial charge < -0.3 is 67.4 Å². The van der Waals surface area contributed by atoms with Gasteiger partial charge in [-0.1, -0.05) is 0 Å². The first-order chi connectivity index (χ1) is 19.9. The van der Waals surface area contributed by atoms with Crippen molar-refractivity contribution in [3.05, 3.63) is 11.8 Å². The van der Waals surface area contributed by atoms with E-state index < -0.39 is 77.9 Å². The number of nitrogens with one attached hydrogen (secondary N) is 4. The van der Waals surface area contributed by atoms with E-state index in [2.05, 4.69) is 21.3 Å². The number of carbonyl (C=O) groups is 1. The van der Waals surface area contributed by atoms with E-state index in [4.69, 9.17) is 25.7 Å². The summed E-state index contributed by atoms with van der Waals surface area (Å²) >= 11 is 0. The van der Waals surface area contributed by atoms with Gasteiger partial charge >= 0.3 is 0 Å². The lowest BCUT2D eigenvalue weighted by Crippen LogP contribution is -2.70. The SMILES string of the molecule is CN[C@@H]1[C@@H](O)[C@@H](O[C@@H]2[C@@H](O)[C@H](C3OC(CNCC4CC4)=CC[C@H]3N)[C@@H](N)C[C@H]2NC(=O)C2(O)CCNC2)OC[C@]1(C)O. The monoisotopic (exact) mass is 598 g/mol. The second kappa shape index (κ2) is 12.9. The van der Waals surface area contributed by atoms with Crippen molar-refractivity contribution in [2.75, 3.05) is 39.8 Å². The molecule has 4 fully saturated rings. The standard InChI is InChI=1S/C28H50N6O8/c1-27(38)13-40-25(21(36)24(27)31-2)42-23-18(34-26(37)28(39)7-8-32-12-28)9-17(30)19(20(23)35)22-16(29)6-5-15(41-22)11-33-10-14-3-4-14/h5,14,16-25,31-33,35-36,38-39H,3-4,6-13,29-30H2,1-2H3,(H,34,37)/t16-,17+,18-,19-,20+,21-,22?,23+,24-,25-,27+,28?/m1/s1. The summed E-state index contributed by atoms with van der Waals surface area (Å²) in [5, 5.41) is 56.7. The van der Waals surface area contributed by atoms with Gasteiger partial charge in [-0.15, -0.1) is 0 Å². The Morgan fingerprint density at radius 3 is 2.64 bits per heavy atom. The topological polar surface area (TPSA) is 226 Å². The van der Waals surface area contributed by atoms with Gasteiger partial charge in [0.1, 0.15) is 29.7 Å². The molecule has 14 nitrogen and oxygen atoms in total. The van der Waals surface area contributed by atoms with Crippen molar-refractivity contribution >= 4 is 5.91 Å². The van der Waals surface area contributed by atoms with Gasteiger partial charge in [0.05, 0.1) is 31.3 Å². The molecule has 0 aromatic heterocycles. The van der Waals surface area contributed by atoms with E-state index >= 15 is 0 Å². The lowest BCUT2D eigenvalue weighted by Gasteiger charge is -2.50. The number of β-amino-alcohol motifs (C(OH)–C–C–N with tert-alkyl or cyclic N) is 1. The van der Waals surface area contributed by atoms with Crippen molar-refractivity contribution in [3.8, 4) is 0 Å². The number of likely N-dealkylation sites (N-methyl/N-ethyl adjacent to an activating group) is 1. The first-order valence-electron chi connectivity index (χ1n) is 15.3. The Hall–Kier alpha value is -1.43. The zero-order chi connectivity index (χ0) is 30.2. The zero-order valence-corrected chi connectivity index (χ0v) is 24.6. The zero-order valence-electron chi connectivity index (χ0n) is 24.6. The maximum atomic E-state index is 13.2. The third-order valence-corrected chi connectivity index (χ3v) is 9.59. The van der Waals surface area contributed by atoms with Crippen LogP contribution in [0, 0.1) is 11.8 Å². The fourth-order valence-corrected chi connectivity index (χ4v) is 6.86. The molecule has 3 aliphatic heterocycles. The number of ether oxygens (including phenoxy) is 3. The molecule has 0 bridgehead atoms. The molecule has 240 valence electrons. The molecule has 5 rings (SSSR count). The molecule has 2 aliphatic carbocycles. The summed E-state index contributed by atoms with van der Waals surface area (Å²) in [6.45, 7) is 3.49. The number of carbonyl (C=O) groups excluding carboxylic acids is 1. The molecule has 42 heavy (non-hydrogen) atoms. The molecule has 12 N–H and O–H groups in total.